The Labute approximate surface area is 143 Å². The van der Waals surface area contributed by atoms with Gasteiger partial charge in [-0.1, -0.05) is 42.5 Å². The molecule has 0 aliphatic carbocycles. The minimum absolute atomic E-state index is 0.110. The monoisotopic (exact) mass is 325 g/mol. The van der Waals surface area contributed by atoms with Crippen molar-refractivity contribution in [1.82, 2.24) is 5.32 Å². The Balaban J connectivity index is 1.60. The summed E-state index contributed by atoms with van der Waals surface area (Å²) in [6, 6.07) is 17.6. The summed E-state index contributed by atoms with van der Waals surface area (Å²) in [5.74, 6) is 0.661. The maximum Gasteiger partial charge on any atom is 0.244 e. The van der Waals surface area contributed by atoms with Crippen LogP contribution in [0.2, 0.25) is 0 Å². The Morgan fingerprint density at radius 2 is 1.96 bits per heavy atom. The van der Waals surface area contributed by atoms with Crippen LogP contribution in [0.4, 0.5) is 0 Å². The number of hydrogen-bond donors (Lipinski definition) is 1. The van der Waals surface area contributed by atoms with Crippen molar-refractivity contribution in [3.05, 3.63) is 71.8 Å². The van der Waals surface area contributed by atoms with Gasteiger partial charge in [-0.15, -0.1) is 0 Å². The number of carbonyl (C=O) groups excluding carboxylic acids is 1. The third-order valence-corrected chi connectivity index (χ3v) is 3.40. The third-order valence-electron chi connectivity index (χ3n) is 3.40. The molecular weight excluding hydrogens is 302 g/mol. The summed E-state index contributed by atoms with van der Waals surface area (Å²) in [5.41, 5.74) is 2.08. The number of amides is 1. The zero-order chi connectivity index (χ0) is 17.0. The number of carbonyl (C=O) groups is 1. The SMILES string of the molecule is COc1cccc(/C=C/C(=O)NCCCOCc2ccccc2)c1. The molecule has 4 heteroatoms. The molecule has 0 saturated heterocycles. The van der Waals surface area contributed by atoms with Crippen molar-refractivity contribution in [3.63, 3.8) is 0 Å². The molecule has 2 aromatic rings. The first-order valence-corrected chi connectivity index (χ1v) is 7.99. The Kier molecular flexibility index (Phi) is 7.57. The van der Waals surface area contributed by atoms with Crippen molar-refractivity contribution in [3.8, 4) is 5.75 Å². The van der Waals surface area contributed by atoms with E-state index in [1.807, 2.05) is 54.6 Å². The minimum Gasteiger partial charge on any atom is -0.497 e. The molecule has 0 fully saturated rings. The topological polar surface area (TPSA) is 47.6 Å². The van der Waals surface area contributed by atoms with E-state index >= 15 is 0 Å². The van der Waals surface area contributed by atoms with Crippen LogP contribution >= 0.6 is 0 Å². The summed E-state index contributed by atoms with van der Waals surface area (Å²) in [6.45, 7) is 1.81. The normalized spacial score (nSPS) is 10.7. The van der Waals surface area contributed by atoms with Crippen LogP contribution in [-0.2, 0) is 16.1 Å². The van der Waals surface area contributed by atoms with Gasteiger partial charge >= 0.3 is 0 Å². The second-order valence-corrected chi connectivity index (χ2v) is 5.29. The van der Waals surface area contributed by atoms with Crippen molar-refractivity contribution >= 4 is 12.0 Å². The Morgan fingerprint density at radius 1 is 1.12 bits per heavy atom. The molecule has 0 bridgehead atoms. The molecule has 0 spiro atoms. The molecule has 1 N–H and O–H groups in total. The quantitative estimate of drug-likeness (QED) is 0.567. The van der Waals surface area contributed by atoms with Crippen LogP contribution < -0.4 is 10.1 Å². The summed E-state index contributed by atoms with van der Waals surface area (Å²) in [4.78, 5) is 11.8. The Bertz CT molecular complexity index is 653. The van der Waals surface area contributed by atoms with Gasteiger partial charge in [0.15, 0.2) is 0 Å². The summed E-state index contributed by atoms with van der Waals surface area (Å²) < 4.78 is 10.7. The van der Waals surface area contributed by atoms with E-state index in [1.165, 1.54) is 6.08 Å². The Hall–Kier alpha value is -2.59. The van der Waals surface area contributed by atoms with Gasteiger partial charge in [0.2, 0.25) is 5.91 Å². The lowest BCUT2D eigenvalue weighted by atomic mass is 10.2. The van der Waals surface area contributed by atoms with Gasteiger partial charge in [0.25, 0.3) is 0 Å². The smallest absolute Gasteiger partial charge is 0.244 e. The lowest BCUT2D eigenvalue weighted by Gasteiger charge is -2.05. The van der Waals surface area contributed by atoms with Crippen molar-refractivity contribution in [2.75, 3.05) is 20.3 Å². The second-order valence-electron chi connectivity index (χ2n) is 5.29. The average molecular weight is 325 g/mol. The van der Waals surface area contributed by atoms with Gasteiger partial charge in [-0.25, -0.2) is 0 Å². The highest BCUT2D eigenvalue weighted by molar-refractivity contribution is 5.91. The Morgan fingerprint density at radius 3 is 2.75 bits per heavy atom. The van der Waals surface area contributed by atoms with Crippen molar-refractivity contribution < 1.29 is 14.3 Å². The molecule has 2 rings (SSSR count). The van der Waals surface area contributed by atoms with Crippen LogP contribution in [0.1, 0.15) is 17.5 Å². The molecule has 0 heterocycles. The molecule has 0 radical (unpaired) electrons. The molecule has 0 aromatic heterocycles. The van der Waals surface area contributed by atoms with Crippen LogP contribution in [0.3, 0.4) is 0 Å². The van der Waals surface area contributed by atoms with Gasteiger partial charge in [0.1, 0.15) is 5.75 Å². The van der Waals surface area contributed by atoms with Gasteiger partial charge in [0, 0.05) is 19.2 Å². The fourth-order valence-corrected chi connectivity index (χ4v) is 2.13. The summed E-state index contributed by atoms with van der Waals surface area (Å²) in [5, 5.41) is 2.84. The number of rotatable bonds is 9. The maximum absolute atomic E-state index is 11.8. The number of nitrogens with one attached hydrogen (secondary N) is 1. The summed E-state index contributed by atoms with van der Waals surface area (Å²) in [7, 11) is 1.62. The molecule has 0 atom stereocenters. The van der Waals surface area contributed by atoms with Gasteiger partial charge in [-0.2, -0.15) is 0 Å². The van der Waals surface area contributed by atoms with Crippen LogP contribution in [-0.4, -0.2) is 26.2 Å². The third kappa shape index (κ3) is 6.67. The fraction of sp³-hybridized carbons (Fsp3) is 0.250. The fourth-order valence-electron chi connectivity index (χ4n) is 2.13. The lowest BCUT2D eigenvalue weighted by Crippen LogP contribution is -2.23. The van der Waals surface area contributed by atoms with Gasteiger partial charge in [-0.3, -0.25) is 4.79 Å². The highest BCUT2D eigenvalue weighted by Gasteiger charge is 1.97. The van der Waals surface area contributed by atoms with Crippen LogP contribution in [0.5, 0.6) is 5.75 Å². The minimum atomic E-state index is -0.110. The van der Waals surface area contributed by atoms with Crippen molar-refractivity contribution in [2.24, 2.45) is 0 Å². The molecule has 126 valence electrons. The van der Waals surface area contributed by atoms with E-state index in [-0.39, 0.29) is 5.91 Å². The number of ether oxygens (including phenoxy) is 2. The van der Waals surface area contributed by atoms with E-state index in [2.05, 4.69) is 5.32 Å². The molecule has 1 amide bonds. The van der Waals surface area contributed by atoms with Crippen LogP contribution in [0, 0.1) is 0 Å². The van der Waals surface area contributed by atoms with E-state index in [0.717, 1.165) is 23.3 Å². The van der Waals surface area contributed by atoms with Gasteiger partial charge in [-0.05, 0) is 35.8 Å². The summed E-state index contributed by atoms with van der Waals surface area (Å²) >= 11 is 0. The first-order chi connectivity index (χ1) is 11.8. The number of methoxy groups -OCH3 is 1. The average Bonchev–Trinajstić information content (AvgIpc) is 2.64. The molecular formula is C20H23NO3. The highest BCUT2D eigenvalue weighted by Crippen LogP contribution is 2.13. The predicted octanol–water partition coefficient (Wildman–Crippen LogP) is 3.43. The molecule has 0 aliphatic heterocycles. The molecule has 0 saturated carbocycles. The van der Waals surface area contributed by atoms with E-state index in [0.29, 0.717) is 19.8 Å². The summed E-state index contributed by atoms with van der Waals surface area (Å²) in [6.07, 6.45) is 4.08. The first kappa shape index (κ1) is 17.8. The van der Waals surface area contributed by atoms with E-state index in [4.69, 9.17) is 9.47 Å². The predicted molar refractivity (Wildman–Crippen MR) is 95.8 cm³/mol. The molecule has 4 nitrogen and oxygen atoms in total. The molecule has 24 heavy (non-hydrogen) atoms. The van der Waals surface area contributed by atoms with Crippen molar-refractivity contribution in [2.45, 2.75) is 13.0 Å². The standard InChI is InChI=1S/C20H23NO3/c1-23-19-10-5-9-17(15-19)11-12-20(22)21-13-6-14-24-16-18-7-3-2-4-8-18/h2-5,7-12,15H,6,13-14,16H2,1H3,(H,21,22)/b12-11+. The zero-order valence-electron chi connectivity index (χ0n) is 13.9. The van der Waals surface area contributed by atoms with E-state index in [9.17, 15) is 4.79 Å². The molecule has 2 aromatic carbocycles. The van der Waals surface area contributed by atoms with Crippen LogP contribution in [0.15, 0.2) is 60.7 Å². The lowest BCUT2D eigenvalue weighted by molar-refractivity contribution is -0.116. The van der Waals surface area contributed by atoms with Crippen LogP contribution in [0.25, 0.3) is 6.08 Å². The number of benzene rings is 2. The van der Waals surface area contributed by atoms with E-state index < -0.39 is 0 Å². The highest BCUT2D eigenvalue weighted by atomic mass is 16.5. The number of hydrogen-bond acceptors (Lipinski definition) is 3. The van der Waals surface area contributed by atoms with E-state index in [1.54, 1.807) is 13.2 Å². The molecule has 0 unspecified atom stereocenters. The largest absolute Gasteiger partial charge is 0.497 e. The molecule has 0 aliphatic rings. The maximum atomic E-state index is 11.8. The first-order valence-electron chi connectivity index (χ1n) is 7.99. The zero-order valence-corrected chi connectivity index (χ0v) is 13.9. The second kappa shape index (κ2) is 10.2. The van der Waals surface area contributed by atoms with Gasteiger partial charge < -0.3 is 14.8 Å². The van der Waals surface area contributed by atoms with Gasteiger partial charge in [0.05, 0.1) is 13.7 Å². The van der Waals surface area contributed by atoms with Crippen molar-refractivity contribution in [1.29, 1.82) is 0 Å².